The Bertz CT molecular complexity index is 1420. The lowest BCUT2D eigenvalue weighted by Gasteiger charge is -2.28. The number of fused-ring (bicyclic) bond motifs is 1. The maximum Gasteiger partial charge on any atom is 0.322 e. The average Bonchev–Trinajstić information content (AvgIpc) is 3.40. The molecule has 0 fully saturated rings. The molecule has 210 valence electrons. The van der Waals surface area contributed by atoms with Crippen LogP contribution in [0.5, 0.6) is 11.5 Å². The topological polar surface area (TPSA) is 96.1 Å². The Morgan fingerprint density at radius 1 is 0.800 bits per heavy atom. The first-order chi connectivity index (χ1) is 19.5. The van der Waals surface area contributed by atoms with Crippen molar-refractivity contribution in [3.8, 4) is 11.5 Å². The molecular weight excluding hydrogens is 508 g/mol. The zero-order valence-corrected chi connectivity index (χ0v) is 23.2. The standard InChI is InChI=1S/C31H36N4O5/c1-38-19-18-35(31(37)33-27-13-7-9-15-29(27)40-3)22-30(36)34(21-24-10-4-8-14-28(24)39-2)17-16-23-20-32-26-12-6-5-11-25(23)26/h4-15,20,32H,16-19,21-22H2,1-3H3,(H,33,37). The number of nitrogens with one attached hydrogen (secondary N) is 2. The van der Waals surface area contributed by atoms with Gasteiger partial charge in [-0.25, -0.2) is 4.79 Å². The fraction of sp³-hybridized carbons (Fsp3) is 0.290. The molecular formula is C31H36N4O5. The van der Waals surface area contributed by atoms with E-state index in [0.717, 1.165) is 22.0 Å². The first-order valence-corrected chi connectivity index (χ1v) is 13.2. The van der Waals surface area contributed by atoms with Crippen LogP contribution < -0.4 is 14.8 Å². The van der Waals surface area contributed by atoms with E-state index in [1.807, 2.05) is 60.8 Å². The number of aromatic nitrogens is 1. The number of para-hydroxylation sites is 4. The number of anilines is 1. The number of methoxy groups -OCH3 is 3. The Labute approximate surface area is 234 Å². The molecule has 0 bridgehead atoms. The van der Waals surface area contributed by atoms with E-state index in [2.05, 4.69) is 16.4 Å². The van der Waals surface area contributed by atoms with Crippen LogP contribution in [0, 0.1) is 0 Å². The normalized spacial score (nSPS) is 10.8. The molecule has 3 amide bonds. The van der Waals surface area contributed by atoms with Gasteiger partial charge in [0.05, 0.1) is 26.5 Å². The maximum absolute atomic E-state index is 13.8. The SMILES string of the molecule is COCCN(CC(=O)N(CCc1c[nH]c2ccccc12)Cc1ccccc1OC)C(=O)Nc1ccccc1OC. The van der Waals surface area contributed by atoms with Crippen LogP contribution in [0.25, 0.3) is 10.9 Å². The lowest BCUT2D eigenvalue weighted by molar-refractivity contribution is -0.132. The summed E-state index contributed by atoms with van der Waals surface area (Å²) in [6, 6.07) is 22.5. The van der Waals surface area contributed by atoms with E-state index in [0.29, 0.717) is 36.7 Å². The van der Waals surface area contributed by atoms with Crippen molar-refractivity contribution < 1.29 is 23.8 Å². The van der Waals surface area contributed by atoms with Gasteiger partial charge in [0, 0.05) is 49.4 Å². The lowest BCUT2D eigenvalue weighted by atomic mass is 10.1. The van der Waals surface area contributed by atoms with Crippen LogP contribution in [0.15, 0.2) is 79.0 Å². The zero-order valence-electron chi connectivity index (χ0n) is 23.2. The summed E-state index contributed by atoms with van der Waals surface area (Å²) in [6.45, 7) is 1.22. The van der Waals surface area contributed by atoms with E-state index in [1.54, 1.807) is 38.4 Å². The number of amides is 3. The van der Waals surface area contributed by atoms with Gasteiger partial charge in [-0.1, -0.05) is 48.5 Å². The van der Waals surface area contributed by atoms with E-state index in [-0.39, 0.29) is 25.6 Å². The predicted octanol–water partition coefficient (Wildman–Crippen LogP) is 4.94. The molecule has 1 aromatic heterocycles. The van der Waals surface area contributed by atoms with E-state index in [1.165, 1.54) is 4.90 Å². The van der Waals surface area contributed by atoms with Crippen molar-refractivity contribution in [1.82, 2.24) is 14.8 Å². The van der Waals surface area contributed by atoms with E-state index in [4.69, 9.17) is 14.2 Å². The van der Waals surface area contributed by atoms with E-state index < -0.39 is 6.03 Å². The smallest absolute Gasteiger partial charge is 0.322 e. The van der Waals surface area contributed by atoms with Gasteiger partial charge in [0.15, 0.2) is 0 Å². The van der Waals surface area contributed by atoms with Crippen molar-refractivity contribution in [1.29, 1.82) is 0 Å². The van der Waals surface area contributed by atoms with Crippen molar-refractivity contribution in [3.05, 3.63) is 90.1 Å². The number of benzene rings is 3. The highest BCUT2D eigenvalue weighted by Crippen LogP contribution is 2.24. The number of carbonyl (C=O) groups is 2. The fourth-order valence-corrected chi connectivity index (χ4v) is 4.58. The zero-order chi connectivity index (χ0) is 28.3. The maximum atomic E-state index is 13.8. The largest absolute Gasteiger partial charge is 0.496 e. The molecule has 0 saturated heterocycles. The fourth-order valence-electron chi connectivity index (χ4n) is 4.58. The number of urea groups is 1. The number of H-pyrrole nitrogens is 1. The van der Waals surface area contributed by atoms with Gasteiger partial charge in [-0.15, -0.1) is 0 Å². The van der Waals surface area contributed by atoms with Crippen molar-refractivity contribution in [2.24, 2.45) is 0 Å². The summed E-state index contributed by atoms with van der Waals surface area (Å²) in [5, 5.41) is 4.00. The third-order valence-corrected chi connectivity index (χ3v) is 6.76. The predicted molar refractivity (Wildman–Crippen MR) is 156 cm³/mol. The minimum absolute atomic E-state index is 0.118. The minimum atomic E-state index is -0.413. The molecule has 0 spiro atoms. The second-order valence-corrected chi connectivity index (χ2v) is 9.28. The summed E-state index contributed by atoms with van der Waals surface area (Å²) >= 11 is 0. The highest BCUT2D eigenvalue weighted by molar-refractivity contribution is 5.93. The van der Waals surface area contributed by atoms with Crippen LogP contribution in [0.3, 0.4) is 0 Å². The van der Waals surface area contributed by atoms with Crippen LogP contribution in [0.1, 0.15) is 11.1 Å². The number of ether oxygens (including phenoxy) is 3. The van der Waals surface area contributed by atoms with Crippen molar-refractivity contribution in [2.45, 2.75) is 13.0 Å². The summed E-state index contributed by atoms with van der Waals surface area (Å²) in [6.07, 6.45) is 2.64. The van der Waals surface area contributed by atoms with Gasteiger partial charge in [-0.2, -0.15) is 0 Å². The third-order valence-electron chi connectivity index (χ3n) is 6.76. The molecule has 3 aromatic carbocycles. The number of aromatic amines is 1. The molecule has 2 N–H and O–H groups in total. The lowest BCUT2D eigenvalue weighted by Crippen LogP contribution is -2.46. The molecule has 0 radical (unpaired) electrons. The van der Waals surface area contributed by atoms with Crippen LogP contribution >= 0.6 is 0 Å². The number of hydrogen-bond donors (Lipinski definition) is 2. The van der Waals surface area contributed by atoms with E-state index >= 15 is 0 Å². The summed E-state index contributed by atoms with van der Waals surface area (Å²) in [4.78, 5) is 33.7. The van der Waals surface area contributed by atoms with Crippen LogP contribution in [-0.4, -0.2) is 74.3 Å². The monoisotopic (exact) mass is 544 g/mol. The average molecular weight is 545 g/mol. The number of carbonyl (C=O) groups excluding carboxylic acids is 2. The van der Waals surface area contributed by atoms with Gasteiger partial charge in [-0.05, 0) is 36.2 Å². The van der Waals surface area contributed by atoms with Crippen LogP contribution in [0.2, 0.25) is 0 Å². The number of nitrogens with zero attached hydrogens (tertiary/aromatic N) is 2. The minimum Gasteiger partial charge on any atom is -0.496 e. The Balaban J connectivity index is 1.54. The highest BCUT2D eigenvalue weighted by atomic mass is 16.5. The summed E-state index contributed by atoms with van der Waals surface area (Å²) in [7, 11) is 4.72. The summed E-state index contributed by atoms with van der Waals surface area (Å²) < 4.78 is 16.1. The molecule has 40 heavy (non-hydrogen) atoms. The molecule has 9 heteroatoms. The van der Waals surface area contributed by atoms with Crippen LogP contribution in [0.4, 0.5) is 10.5 Å². The van der Waals surface area contributed by atoms with Gasteiger partial charge < -0.3 is 34.3 Å². The molecule has 0 aliphatic heterocycles. The Morgan fingerprint density at radius 3 is 2.27 bits per heavy atom. The molecule has 0 unspecified atom stereocenters. The third kappa shape index (κ3) is 7.12. The Hall–Kier alpha value is -4.50. The highest BCUT2D eigenvalue weighted by Gasteiger charge is 2.23. The van der Waals surface area contributed by atoms with Gasteiger partial charge in [0.2, 0.25) is 5.91 Å². The number of hydrogen-bond acceptors (Lipinski definition) is 5. The van der Waals surface area contributed by atoms with Gasteiger partial charge in [-0.3, -0.25) is 4.79 Å². The summed E-state index contributed by atoms with van der Waals surface area (Å²) in [5.41, 5.74) is 3.59. The van der Waals surface area contributed by atoms with Crippen molar-refractivity contribution in [2.75, 3.05) is 52.9 Å². The van der Waals surface area contributed by atoms with Gasteiger partial charge in [0.25, 0.3) is 0 Å². The van der Waals surface area contributed by atoms with Crippen LogP contribution in [-0.2, 0) is 22.5 Å². The molecule has 4 rings (SSSR count). The quantitative estimate of drug-likeness (QED) is 0.249. The molecule has 9 nitrogen and oxygen atoms in total. The van der Waals surface area contributed by atoms with E-state index in [9.17, 15) is 9.59 Å². The molecule has 1 heterocycles. The molecule has 0 atom stereocenters. The second-order valence-electron chi connectivity index (χ2n) is 9.28. The van der Waals surface area contributed by atoms with Gasteiger partial charge in [0.1, 0.15) is 18.0 Å². The second kappa shape index (κ2) is 14.0. The van der Waals surface area contributed by atoms with Crippen molar-refractivity contribution >= 4 is 28.5 Å². The Kier molecular flexibility index (Phi) is 10.0. The molecule has 4 aromatic rings. The molecule has 0 aliphatic rings. The first-order valence-electron chi connectivity index (χ1n) is 13.2. The molecule has 0 saturated carbocycles. The van der Waals surface area contributed by atoms with Gasteiger partial charge >= 0.3 is 6.03 Å². The number of rotatable bonds is 13. The van der Waals surface area contributed by atoms with Crippen molar-refractivity contribution in [3.63, 3.8) is 0 Å². The first kappa shape index (κ1) is 28.5. The molecule has 0 aliphatic carbocycles. The Morgan fingerprint density at radius 2 is 1.50 bits per heavy atom. The summed E-state index contributed by atoms with van der Waals surface area (Å²) in [5.74, 6) is 1.06.